The van der Waals surface area contributed by atoms with Crippen LogP contribution >= 0.6 is 11.6 Å². The first-order chi connectivity index (χ1) is 13.4. The summed E-state index contributed by atoms with van der Waals surface area (Å²) in [6.07, 6.45) is 0.628. The van der Waals surface area contributed by atoms with Gasteiger partial charge in [0.2, 0.25) is 5.91 Å². The Kier molecular flexibility index (Phi) is 6.21. The summed E-state index contributed by atoms with van der Waals surface area (Å²) in [6.45, 7) is 2.32. The minimum atomic E-state index is -0.543. The lowest BCUT2D eigenvalue weighted by atomic mass is 10.1. The second kappa shape index (κ2) is 8.80. The smallest absolute Gasteiger partial charge is 0.266 e. The number of aryl methyl sites for hydroxylation is 2. The van der Waals surface area contributed by atoms with Gasteiger partial charge in [-0.05, 0) is 37.6 Å². The van der Waals surface area contributed by atoms with Gasteiger partial charge in [-0.2, -0.15) is 5.10 Å². The molecule has 2 aromatic carbocycles. The van der Waals surface area contributed by atoms with Gasteiger partial charge in [-0.1, -0.05) is 41.4 Å². The minimum absolute atomic E-state index is 0.0542. The Morgan fingerprint density at radius 1 is 1.14 bits per heavy atom. The van der Waals surface area contributed by atoms with Crippen LogP contribution in [0.4, 0.5) is 10.1 Å². The van der Waals surface area contributed by atoms with E-state index in [9.17, 15) is 14.0 Å². The third kappa shape index (κ3) is 5.04. The number of halogens is 2. The maximum Gasteiger partial charge on any atom is 0.266 e. The van der Waals surface area contributed by atoms with Crippen molar-refractivity contribution < 1.29 is 9.18 Å². The molecule has 28 heavy (non-hydrogen) atoms. The van der Waals surface area contributed by atoms with Crippen molar-refractivity contribution in [3.8, 4) is 11.3 Å². The van der Waals surface area contributed by atoms with Gasteiger partial charge in [0.05, 0.1) is 10.7 Å². The molecule has 3 rings (SSSR count). The maximum atomic E-state index is 13.2. The molecule has 0 aliphatic rings. The predicted molar refractivity (Wildman–Crippen MR) is 108 cm³/mol. The molecular formula is C21H19ClFN3O2. The first-order valence-electron chi connectivity index (χ1n) is 8.82. The summed E-state index contributed by atoms with van der Waals surface area (Å²) in [7, 11) is 0. The topological polar surface area (TPSA) is 64.0 Å². The van der Waals surface area contributed by atoms with Gasteiger partial charge in [0.25, 0.3) is 5.56 Å². The Bertz CT molecular complexity index is 1050. The van der Waals surface area contributed by atoms with Gasteiger partial charge in [-0.25, -0.2) is 9.07 Å². The first kappa shape index (κ1) is 19.8. The van der Waals surface area contributed by atoms with Crippen molar-refractivity contribution in [3.05, 3.63) is 81.4 Å². The zero-order valence-electron chi connectivity index (χ0n) is 15.3. The van der Waals surface area contributed by atoms with Gasteiger partial charge < -0.3 is 5.32 Å². The van der Waals surface area contributed by atoms with Crippen LogP contribution in [0, 0.1) is 12.7 Å². The Balaban J connectivity index is 1.60. The first-order valence-corrected chi connectivity index (χ1v) is 9.20. The van der Waals surface area contributed by atoms with Crippen LogP contribution in [0.1, 0.15) is 18.4 Å². The van der Waals surface area contributed by atoms with Crippen molar-refractivity contribution in [1.82, 2.24) is 9.78 Å². The maximum absolute atomic E-state index is 13.2. The van der Waals surface area contributed by atoms with E-state index in [2.05, 4.69) is 10.4 Å². The van der Waals surface area contributed by atoms with Crippen LogP contribution in [0.3, 0.4) is 0 Å². The van der Waals surface area contributed by atoms with Crippen molar-refractivity contribution >= 4 is 23.2 Å². The molecule has 0 saturated heterocycles. The minimum Gasteiger partial charge on any atom is -0.326 e. The molecule has 7 heteroatoms. The fourth-order valence-electron chi connectivity index (χ4n) is 2.67. The number of rotatable bonds is 6. The lowest BCUT2D eigenvalue weighted by molar-refractivity contribution is -0.116. The number of anilines is 1. The SMILES string of the molecule is Cc1ccc(-c2ccc(=O)n(CCCC(=O)Nc3ccc(F)c(Cl)c3)n2)cc1. The van der Waals surface area contributed by atoms with Gasteiger partial charge >= 0.3 is 0 Å². The fraction of sp³-hybridized carbons (Fsp3) is 0.190. The van der Waals surface area contributed by atoms with Crippen molar-refractivity contribution in [2.24, 2.45) is 0 Å². The number of carbonyl (C=O) groups excluding carboxylic acids is 1. The average molecular weight is 400 g/mol. The monoisotopic (exact) mass is 399 g/mol. The van der Waals surface area contributed by atoms with Crippen LogP contribution < -0.4 is 10.9 Å². The molecule has 5 nitrogen and oxygen atoms in total. The van der Waals surface area contributed by atoms with Crippen molar-refractivity contribution in [3.63, 3.8) is 0 Å². The third-order valence-corrected chi connectivity index (χ3v) is 4.48. The Hall–Kier alpha value is -2.99. The molecule has 0 aliphatic carbocycles. The number of nitrogens with one attached hydrogen (secondary N) is 1. The van der Waals surface area contributed by atoms with E-state index in [-0.39, 0.29) is 22.9 Å². The van der Waals surface area contributed by atoms with Crippen LogP contribution in [0.2, 0.25) is 5.02 Å². The van der Waals surface area contributed by atoms with E-state index in [1.165, 1.54) is 28.9 Å². The van der Waals surface area contributed by atoms with Gasteiger partial charge in [0, 0.05) is 30.3 Å². The highest BCUT2D eigenvalue weighted by molar-refractivity contribution is 6.31. The van der Waals surface area contributed by atoms with E-state index >= 15 is 0 Å². The molecule has 0 unspecified atom stereocenters. The van der Waals surface area contributed by atoms with Crippen LogP contribution in [-0.4, -0.2) is 15.7 Å². The lowest BCUT2D eigenvalue weighted by Crippen LogP contribution is -2.23. The normalized spacial score (nSPS) is 10.7. The summed E-state index contributed by atoms with van der Waals surface area (Å²) < 4.78 is 14.5. The summed E-state index contributed by atoms with van der Waals surface area (Å²) in [5, 5.41) is 6.99. The van der Waals surface area contributed by atoms with Gasteiger partial charge in [0.1, 0.15) is 5.82 Å². The molecular weight excluding hydrogens is 381 g/mol. The van der Waals surface area contributed by atoms with E-state index < -0.39 is 5.82 Å². The third-order valence-electron chi connectivity index (χ3n) is 4.19. The van der Waals surface area contributed by atoms with E-state index in [4.69, 9.17) is 11.6 Å². The molecule has 144 valence electrons. The molecule has 0 radical (unpaired) electrons. The number of aromatic nitrogens is 2. The molecule has 1 aromatic heterocycles. The van der Waals surface area contributed by atoms with Gasteiger partial charge in [0.15, 0.2) is 0 Å². The zero-order valence-corrected chi connectivity index (χ0v) is 16.0. The van der Waals surface area contributed by atoms with Gasteiger partial charge in [-0.3, -0.25) is 9.59 Å². The second-order valence-corrected chi connectivity index (χ2v) is 6.83. The lowest BCUT2D eigenvalue weighted by Gasteiger charge is -2.08. The number of amides is 1. The van der Waals surface area contributed by atoms with E-state index in [0.717, 1.165) is 11.1 Å². The molecule has 1 heterocycles. The molecule has 1 amide bonds. The summed E-state index contributed by atoms with van der Waals surface area (Å²) in [5.74, 6) is -0.788. The standard InChI is InChI=1S/C21H19ClFN3O2/c1-14-4-6-15(7-5-14)19-10-11-21(28)26(25-19)12-2-3-20(27)24-16-8-9-18(23)17(22)13-16/h4-11,13H,2-3,12H2,1H3,(H,24,27). The predicted octanol–water partition coefficient (Wildman–Crippen LogP) is 4.43. The molecule has 3 aromatic rings. The summed E-state index contributed by atoms with van der Waals surface area (Å²) >= 11 is 5.70. The Morgan fingerprint density at radius 3 is 2.61 bits per heavy atom. The largest absolute Gasteiger partial charge is 0.326 e. The van der Waals surface area contributed by atoms with Crippen LogP contribution in [0.15, 0.2) is 59.4 Å². The second-order valence-electron chi connectivity index (χ2n) is 6.43. The van der Waals surface area contributed by atoms with Crippen LogP contribution in [0.25, 0.3) is 11.3 Å². The number of benzene rings is 2. The highest BCUT2D eigenvalue weighted by Crippen LogP contribution is 2.19. The molecule has 0 spiro atoms. The van der Waals surface area contributed by atoms with Crippen LogP contribution in [0.5, 0.6) is 0 Å². The number of hydrogen-bond acceptors (Lipinski definition) is 3. The Morgan fingerprint density at radius 2 is 1.89 bits per heavy atom. The highest BCUT2D eigenvalue weighted by Gasteiger charge is 2.07. The van der Waals surface area contributed by atoms with Gasteiger partial charge in [-0.15, -0.1) is 0 Å². The van der Waals surface area contributed by atoms with Crippen molar-refractivity contribution in [1.29, 1.82) is 0 Å². The Labute approximate surface area is 166 Å². The molecule has 0 aliphatic heterocycles. The number of hydrogen-bond donors (Lipinski definition) is 1. The molecule has 0 fully saturated rings. The quantitative estimate of drug-likeness (QED) is 0.666. The van der Waals surface area contributed by atoms with E-state index in [0.29, 0.717) is 24.3 Å². The zero-order chi connectivity index (χ0) is 20.1. The number of carbonyl (C=O) groups is 1. The average Bonchev–Trinajstić information content (AvgIpc) is 2.67. The highest BCUT2D eigenvalue weighted by atomic mass is 35.5. The summed E-state index contributed by atoms with van der Waals surface area (Å²) in [4.78, 5) is 24.1. The molecule has 0 atom stereocenters. The molecule has 0 bridgehead atoms. The molecule has 1 N–H and O–H groups in total. The van der Waals surface area contributed by atoms with Crippen LogP contribution in [-0.2, 0) is 11.3 Å². The number of nitrogens with zero attached hydrogens (tertiary/aromatic N) is 2. The fourth-order valence-corrected chi connectivity index (χ4v) is 2.85. The summed E-state index contributed by atoms with van der Waals surface area (Å²) in [5.41, 5.74) is 2.97. The van der Waals surface area contributed by atoms with Crippen molar-refractivity contribution in [2.75, 3.05) is 5.32 Å². The van der Waals surface area contributed by atoms with E-state index in [1.54, 1.807) is 6.07 Å². The van der Waals surface area contributed by atoms with E-state index in [1.807, 2.05) is 31.2 Å². The van der Waals surface area contributed by atoms with Crippen molar-refractivity contribution in [2.45, 2.75) is 26.3 Å². The molecule has 0 saturated carbocycles. The summed E-state index contributed by atoms with van der Waals surface area (Å²) in [6, 6.07) is 15.0.